The van der Waals surface area contributed by atoms with Crippen molar-refractivity contribution in [1.29, 1.82) is 0 Å². The van der Waals surface area contributed by atoms with Crippen molar-refractivity contribution in [3.8, 4) is 17.0 Å². The Balaban J connectivity index is 1.58. The third kappa shape index (κ3) is 3.66. The van der Waals surface area contributed by atoms with Gasteiger partial charge in [0.2, 0.25) is 0 Å². The Kier molecular flexibility index (Phi) is 4.94. The maximum atomic E-state index is 11.3. The molecule has 7 nitrogen and oxygen atoms in total. The van der Waals surface area contributed by atoms with Crippen molar-refractivity contribution in [2.45, 2.75) is 26.3 Å². The van der Waals surface area contributed by atoms with Crippen LogP contribution < -0.4 is 5.32 Å². The van der Waals surface area contributed by atoms with Crippen LogP contribution in [-0.2, 0) is 6.54 Å². The molecule has 0 amide bonds. The highest BCUT2D eigenvalue weighted by Crippen LogP contribution is 2.34. The summed E-state index contributed by atoms with van der Waals surface area (Å²) in [5.41, 5.74) is 3.57. The van der Waals surface area contributed by atoms with Gasteiger partial charge in [-0.15, -0.1) is 11.3 Å². The van der Waals surface area contributed by atoms with Gasteiger partial charge in [0, 0.05) is 40.0 Å². The molecule has 4 rings (SSSR count). The standard InChI is InChI=1S/C21H20N4O3S/c1-11(2)20-23-17(10-29-20)14-5-3-4-12(19(14)26)9-22-13-6-7-16-15(8-13)18(21(27)28)25-24-16/h3-8,10-11,22,26H,9H2,1-2H3,(H,24,25)(H,27,28). The van der Waals surface area contributed by atoms with Crippen LogP contribution >= 0.6 is 11.3 Å². The molecule has 0 bridgehead atoms. The number of aromatic amines is 1. The Bertz CT molecular complexity index is 1200. The third-order valence-electron chi connectivity index (χ3n) is 4.66. The highest BCUT2D eigenvalue weighted by molar-refractivity contribution is 7.10. The molecule has 0 saturated heterocycles. The fourth-order valence-electron chi connectivity index (χ4n) is 3.10. The molecule has 148 valence electrons. The molecule has 0 saturated carbocycles. The fraction of sp³-hybridized carbons (Fsp3) is 0.190. The first-order valence-corrected chi connectivity index (χ1v) is 10.0. The zero-order valence-electron chi connectivity index (χ0n) is 15.9. The molecule has 0 aliphatic rings. The van der Waals surface area contributed by atoms with Crippen LogP contribution in [0.3, 0.4) is 0 Å². The van der Waals surface area contributed by atoms with Gasteiger partial charge in [-0.05, 0) is 24.3 Å². The summed E-state index contributed by atoms with van der Waals surface area (Å²) in [6.45, 7) is 4.57. The Morgan fingerprint density at radius 3 is 2.83 bits per heavy atom. The number of aromatic carboxylic acids is 1. The summed E-state index contributed by atoms with van der Waals surface area (Å²) in [7, 11) is 0. The van der Waals surface area contributed by atoms with Crippen molar-refractivity contribution >= 4 is 33.9 Å². The molecule has 2 heterocycles. The lowest BCUT2D eigenvalue weighted by Crippen LogP contribution is -2.01. The van der Waals surface area contributed by atoms with Crippen molar-refractivity contribution in [2.24, 2.45) is 0 Å². The van der Waals surface area contributed by atoms with E-state index in [1.165, 1.54) is 0 Å². The number of para-hydroxylation sites is 1. The minimum absolute atomic E-state index is 0.0158. The summed E-state index contributed by atoms with van der Waals surface area (Å²) in [6, 6.07) is 10.9. The first-order chi connectivity index (χ1) is 13.9. The van der Waals surface area contributed by atoms with E-state index in [0.29, 0.717) is 28.9 Å². The second-order valence-electron chi connectivity index (χ2n) is 7.03. The monoisotopic (exact) mass is 408 g/mol. The highest BCUT2D eigenvalue weighted by atomic mass is 32.1. The van der Waals surface area contributed by atoms with E-state index in [9.17, 15) is 15.0 Å². The summed E-state index contributed by atoms with van der Waals surface area (Å²) in [6.07, 6.45) is 0. The van der Waals surface area contributed by atoms with E-state index in [4.69, 9.17) is 0 Å². The van der Waals surface area contributed by atoms with Gasteiger partial charge in [0.25, 0.3) is 0 Å². The number of aromatic nitrogens is 3. The summed E-state index contributed by atoms with van der Waals surface area (Å²) < 4.78 is 0. The number of rotatable bonds is 6. The molecule has 2 aromatic carbocycles. The molecule has 2 aromatic heterocycles. The van der Waals surface area contributed by atoms with Gasteiger partial charge in [0.05, 0.1) is 16.2 Å². The minimum atomic E-state index is -1.08. The molecule has 0 spiro atoms. The molecular formula is C21H20N4O3S. The van der Waals surface area contributed by atoms with Gasteiger partial charge < -0.3 is 15.5 Å². The Morgan fingerprint density at radius 2 is 2.10 bits per heavy atom. The van der Waals surface area contributed by atoms with E-state index in [1.807, 2.05) is 29.6 Å². The van der Waals surface area contributed by atoms with E-state index in [-0.39, 0.29) is 11.4 Å². The number of aromatic hydroxyl groups is 1. The molecule has 8 heteroatoms. The maximum absolute atomic E-state index is 11.3. The molecule has 0 fully saturated rings. The normalized spacial score (nSPS) is 11.3. The summed E-state index contributed by atoms with van der Waals surface area (Å²) >= 11 is 1.59. The summed E-state index contributed by atoms with van der Waals surface area (Å²) in [5.74, 6) is -0.548. The number of nitrogens with one attached hydrogen (secondary N) is 2. The predicted octanol–water partition coefficient (Wildman–Crippen LogP) is 4.83. The fourth-order valence-corrected chi connectivity index (χ4v) is 3.94. The highest BCUT2D eigenvalue weighted by Gasteiger charge is 2.15. The summed E-state index contributed by atoms with van der Waals surface area (Å²) in [4.78, 5) is 15.9. The number of carboxylic acids is 1. The molecule has 0 aliphatic carbocycles. The van der Waals surface area contributed by atoms with Crippen LogP contribution in [0.1, 0.15) is 40.8 Å². The number of carboxylic acid groups (broad SMARTS) is 1. The lowest BCUT2D eigenvalue weighted by Gasteiger charge is -2.11. The van der Waals surface area contributed by atoms with Crippen LogP contribution in [0, 0.1) is 0 Å². The topological polar surface area (TPSA) is 111 Å². The lowest BCUT2D eigenvalue weighted by molar-refractivity contribution is 0.0692. The maximum Gasteiger partial charge on any atom is 0.357 e. The zero-order chi connectivity index (χ0) is 20.5. The van der Waals surface area contributed by atoms with Crippen molar-refractivity contribution in [1.82, 2.24) is 15.2 Å². The second kappa shape index (κ2) is 7.56. The van der Waals surface area contributed by atoms with E-state index in [0.717, 1.165) is 22.0 Å². The first-order valence-electron chi connectivity index (χ1n) is 9.16. The SMILES string of the molecule is CC(C)c1nc(-c2cccc(CNc3ccc4[nH]nc(C(=O)O)c4c3)c2O)cs1. The number of phenols is 1. The molecule has 0 radical (unpaired) electrons. The van der Waals surface area contributed by atoms with Gasteiger partial charge >= 0.3 is 5.97 Å². The number of hydrogen-bond donors (Lipinski definition) is 4. The van der Waals surface area contributed by atoms with Gasteiger partial charge in [-0.1, -0.05) is 26.0 Å². The van der Waals surface area contributed by atoms with Crippen molar-refractivity contribution in [2.75, 3.05) is 5.32 Å². The Labute approximate surface area is 171 Å². The zero-order valence-corrected chi connectivity index (χ0v) is 16.7. The molecule has 29 heavy (non-hydrogen) atoms. The van der Waals surface area contributed by atoms with Crippen LogP contribution in [0.5, 0.6) is 5.75 Å². The van der Waals surface area contributed by atoms with E-state index in [1.54, 1.807) is 23.5 Å². The number of nitrogens with zero attached hydrogens (tertiary/aromatic N) is 2. The van der Waals surface area contributed by atoms with Crippen molar-refractivity contribution < 1.29 is 15.0 Å². The number of benzene rings is 2. The average molecular weight is 408 g/mol. The second-order valence-corrected chi connectivity index (χ2v) is 7.92. The van der Waals surface area contributed by atoms with Crippen LogP contribution in [-0.4, -0.2) is 31.4 Å². The van der Waals surface area contributed by atoms with E-state index < -0.39 is 5.97 Å². The van der Waals surface area contributed by atoms with E-state index in [2.05, 4.69) is 34.3 Å². The number of H-pyrrole nitrogens is 1. The number of fused-ring (bicyclic) bond motifs is 1. The van der Waals surface area contributed by atoms with Crippen LogP contribution in [0.15, 0.2) is 41.8 Å². The number of phenolic OH excluding ortho intramolecular Hbond substituents is 1. The van der Waals surface area contributed by atoms with Crippen molar-refractivity contribution in [3.63, 3.8) is 0 Å². The van der Waals surface area contributed by atoms with Gasteiger partial charge in [-0.3, -0.25) is 5.10 Å². The average Bonchev–Trinajstić information content (AvgIpc) is 3.34. The quantitative estimate of drug-likeness (QED) is 0.364. The van der Waals surface area contributed by atoms with Gasteiger partial charge in [0.15, 0.2) is 5.69 Å². The molecule has 0 atom stereocenters. The minimum Gasteiger partial charge on any atom is -0.507 e. The van der Waals surface area contributed by atoms with Crippen LogP contribution in [0.4, 0.5) is 5.69 Å². The van der Waals surface area contributed by atoms with Crippen molar-refractivity contribution in [3.05, 3.63) is 58.0 Å². The smallest absolute Gasteiger partial charge is 0.357 e. The number of carbonyl (C=O) groups is 1. The van der Waals surface area contributed by atoms with Gasteiger partial charge in [-0.25, -0.2) is 9.78 Å². The Morgan fingerprint density at radius 1 is 1.28 bits per heavy atom. The first kappa shape index (κ1) is 18.9. The van der Waals surface area contributed by atoms with Gasteiger partial charge in [0.1, 0.15) is 5.75 Å². The summed E-state index contributed by atoms with van der Waals surface area (Å²) in [5, 5.41) is 33.3. The number of anilines is 1. The van der Waals surface area contributed by atoms with Crippen LogP contribution in [0.25, 0.3) is 22.2 Å². The lowest BCUT2D eigenvalue weighted by atomic mass is 10.1. The number of hydrogen-bond acceptors (Lipinski definition) is 6. The van der Waals surface area contributed by atoms with Gasteiger partial charge in [-0.2, -0.15) is 5.10 Å². The molecule has 0 aliphatic heterocycles. The van der Waals surface area contributed by atoms with Crippen LogP contribution in [0.2, 0.25) is 0 Å². The number of thiazole rings is 1. The molecule has 4 aromatic rings. The van der Waals surface area contributed by atoms with E-state index >= 15 is 0 Å². The largest absolute Gasteiger partial charge is 0.507 e. The predicted molar refractivity (Wildman–Crippen MR) is 114 cm³/mol. The molecular weight excluding hydrogens is 388 g/mol. The Hall–Kier alpha value is -3.39. The third-order valence-corrected chi connectivity index (χ3v) is 5.81. The molecule has 0 unspecified atom stereocenters. The molecule has 4 N–H and O–H groups in total.